The number of hydrogen-bond donors (Lipinski definition) is 3. The van der Waals surface area contributed by atoms with Crippen LogP contribution in [0.15, 0.2) is 60.7 Å². The lowest BCUT2D eigenvalue weighted by atomic mass is 10.1. The predicted molar refractivity (Wildman–Crippen MR) is 165 cm³/mol. The van der Waals surface area contributed by atoms with Gasteiger partial charge < -0.3 is 39.4 Å². The van der Waals surface area contributed by atoms with Crippen LogP contribution in [0.2, 0.25) is 0 Å². The standard InChI is InChI=1S/C33H42N2O12/c1-21(2)28(34-32(41)45-17-23-11-7-5-8-12-23)30(39)43-19-25(47-27(38)16-15-26(36)37)20-44-31(40)29(22(3)4)35-33(42)46-18-24-13-9-6-10-14-24/h5-14,21-22,25,28-29H,15-20H2,1-4H3,(H,34,41)(H,35,42)(H,36,37)/t28-,29-/m0/s1. The van der Waals surface area contributed by atoms with Crippen molar-refractivity contribution in [2.24, 2.45) is 11.8 Å². The molecule has 0 saturated carbocycles. The van der Waals surface area contributed by atoms with Crippen LogP contribution in [0.25, 0.3) is 0 Å². The van der Waals surface area contributed by atoms with E-state index in [1.807, 2.05) is 12.1 Å². The van der Waals surface area contributed by atoms with Crippen LogP contribution in [0.4, 0.5) is 9.59 Å². The van der Waals surface area contributed by atoms with Crippen molar-refractivity contribution in [3.8, 4) is 0 Å². The van der Waals surface area contributed by atoms with Gasteiger partial charge in [0.15, 0.2) is 6.10 Å². The van der Waals surface area contributed by atoms with Crippen LogP contribution < -0.4 is 10.6 Å². The number of rotatable bonds is 18. The van der Waals surface area contributed by atoms with Gasteiger partial charge in [-0.3, -0.25) is 9.59 Å². The second kappa shape index (κ2) is 20.1. The summed E-state index contributed by atoms with van der Waals surface area (Å²) in [5, 5.41) is 13.8. The molecule has 2 aromatic rings. The van der Waals surface area contributed by atoms with E-state index in [0.717, 1.165) is 11.1 Å². The average Bonchev–Trinajstić information content (AvgIpc) is 3.04. The maximum atomic E-state index is 12.9. The molecule has 2 aromatic carbocycles. The Morgan fingerprint density at radius 1 is 0.617 bits per heavy atom. The van der Waals surface area contributed by atoms with Crippen molar-refractivity contribution in [2.75, 3.05) is 13.2 Å². The SMILES string of the molecule is CC(C)[C@H](NC(=O)OCc1ccccc1)C(=O)OCC(COC(=O)[C@@H](NC(=O)OCc1ccccc1)C(C)C)OC(=O)CCC(=O)O. The van der Waals surface area contributed by atoms with E-state index in [1.165, 1.54) is 0 Å². The van der Waals surface area contributed by atoms with Gasteiger partial charge in [-0.1, -0.05) is 88.4 Å². The first-order chi connectivity index (χ1) is 22.3. The lowest BCUT2D eigenvalue weighted by Gasteiger charge is -2.24. The molecule has 2 amide bonds. The van der Waals surface area contributed by atoms with Gasteiger partial charge in [0.1, 0.15) is 38.5 Å². The Hall–Kier alpha value is -5.14. The van der Waals surface area contributed by atoms with E-state index in [0.29, 0.717) is 0 Å². The van der Waals surface area contributed by atoms with Crippen LogP contribution >= 0.6 is 0 Å². The van der Waals surface area contributed by atoms with Crippen LogP contribution in [0, 0.1) is 11.8 Å². The summed E-state index contributed by atoms with van der Waals surface area (Å²) in [7, 11) is 0. The Labute approximate surface area is 273 Å². The van der Waals surface area contributed by atoms with Crippen LogP contribution in [-0.2, 0) is 56.1 Å². The van der Waals surface area contributed by atoms with Gasteiger partial charge in [0.2, 0.25) is 0 Å². The van der Waals surface area contributed by atoms with E-state index < -0.39 is 92.1 Å². The maximum absolute atomic E-state index is 12.9. The van der Waals surface area contributed by atoms with Crippen molar-refractivity contribution < 1.29 is 57.6 Å². The molecule has 2 rings (SSSR count). The molecular formula is C33H42N2O12. The summed E-state index contributed by atoms with van der Waals surface area (Å²) < 4.78 is 26.2. The quantitative estimate of drug-likeness (QED) is 0.155. The van der Waals surface area contributed by atoms with E-state index in [-0.39, 0.29) is 13.2 Å². The molecule has 0 fully saturated rings. The second-order valence-corrected chi connectivity index (χ2v) is 11.1. The Balaban J connectivity index is 2.00. The monoisotopic (exact) mass is 658 g/mol. The topological polar surface area (TPSA) is 193 Å². The number of amides is 2. The van der Waals surface area contributed by atoms with E-state index >= 15 is 0 Å². The zero-order chi connectivity index (χ0) is 34.8. The third-order valence-electron chi connectivity index (χ3n) is 6.48. The van der Waals surface area contributed by atoms with Crippen LogP contribution in [0.3, 0.4) is 0 Å². The molecule has 0 spiro atoms. The molecule has 0 aliphatic rings. The molecule has 47 heavy (non-hydrogen) atoms. The van der Waals surface area contributed by atoms with Gasteiger partial charge in [0.05, 0.1) is 12.8 Å². The Kier molecular flexibility index (Phi) is 16.3. The van der Waals surface area contributed by atoms with Crippen molar-refractivity contribution in [2.45, 2.75) is 71.9 Å². The van der Waals surface area contributed by atoms with Gasteiger partial charge in [0, 0.05) is 0 Å². The van der Waals surface area contributed by atoms with Gasteiger partial charge >= 0.3 is 36.1 Å². The zero-order valence-corrected chi connectivity index (χ0v) is 26.8. The molecule has 0 aromatic heterocycles. The number of carbonyl (C=O) groups is 6. The highest BCUT2D eigenvalue weighted by molar-refractivity contribution is 5.82. The normalized spacial score (nSPS) is 12.1. The molecule has 0 radical (unpaired) electrons. The highest BCUT2D eigenvalue weighted by Gasteiger charge is 2.30. The van der Waals surface area contributed by atoms with Crippen LogP contribution in [0.1, 0.15) is 51.7 Å². The molecule has 0 saturated heterocycles. The molecule has 3 N–H and O–H groups in total. The van der Waals surface area contributed by atoms with Crippen LogP contribution in [-0.4, -0.2) is 72.6 Å². The molecular weight excluding hydrogens is 616 g/mol. The van der Waals surface area contributed by atoms with Crippen molar-refractivity contribution in [3.63, 3.8) is 0 Å². The maximum Gasteiger partial charge on any atom is 0.408 e. The highest BCUT2D eigenvalue weighted by atomic mass is 16.6. The number of hydrogen-bond acceptors (Lipinski definition) is 11. The fourth-order valence-electron chi connectivity index (χ4n) is 3.88. The predicted octanol–water partition coefficient (Wildman–Crippen LogP) is 3.75. The smallest absolute Gasteiger partial charge is 0.408 e. The number of aliphatic carboxylic acids is 1. The van der Waals surface area contributed by atoms with E-state index in [4.69, 9.17) is 28.8 Å². The minimum atomic E-state index is -1.33. The Bertz CT molecular complexity index is 1230. The summed E-state index contributed by atoms with van der Waals surface area (Å²) >= 11 is 0. The van der Waals surface area contributed by atoms with E-state index in [2.05, 4.69) is 10.6 Å². The lowest BCUT2D eigenvalue weighted by Crippen LogP contribution is -2.47. The number of alkyl carbamates (subject to hydrolysis) is 2. The van der Waals surface area contributed by atoms with Crippen molar-refractivity contribution in [3.05, 3.63) is 71.8 Å². The van der Waals surface area contributed by atoms with Gasteiger partial charge in [-0.15, -0.1) is 0 Å². The van der Waals surface area contributed by atoms with Gasteiger partial charge in [-0.05, 0) is 23.0 Å². The van der Waals surface area contributed by atoms with Crippen molar-refractivity contribution >= 4 is 36.1 Å². The lowest BCUT2D eigenvalue weighted by molar-refractivity contribution is -0.169. The molecule has 2 atom stereocenters. The molecule has 0 unspecified atom stereocenters. The summed E-state index contributed by atoms with van der Waals surface area (Å²) in [4.78, 5) is 73.8. The molecule has 14 nitrogen and oxygen atoms in total. The summed E-state index contributed by atoms with van der Waals surface area (Å²) in [6, 6.07) is 15.6. The summed E-state index contributed by atoms with van der Waals surface area (Å²) in [5.41, 5.74) is 1.49. The van der Waals surface area contributed by atoms with Gasteiger partial charge in [-0.25, -0.2) is 19.2 Å². The molecule has 0 aliphatic heterocycles. The summed E-state index contributed by atoms with van der Waals surface area (Å²) in [5.74, 6) is -4.78. The number of ether oxygens (including phenoxy) is 5. The Morgan fingerprint density at radius 3 is 1.38 bits per heavy atom. The number of carbonyl (C=O) groups excluding carboxylic acids is 5. The third kappa shape index (κ3) is 15.1. The minimum Gasteiger partial charge on any atom is -0.481 e. The van der Waals surface area contributed by atoms with Crippen LogP contribution in [0.5, 0.6) is 0 Å². The van der Waals surface area contributed by atoms with Gasteiger partial charge in [0.25, 0.3) is 0 Å². The first-order valence-electron chi connectivity index (χ1n) is 15.0. The molecule has 0 aliphatic carbocycles. The minimum absolute atomic E-state index is 0.0246. The summed E-state index contributed by atoms with van der Waals surface area (Å²) in [6.45, 7) is 5.43. The molecule has 0 bridgehead atoms. The molecule has 14 heteroatoms. The van der Waals surface area contributed by atoms with Crippen molar-refractivity contribution in [1.29, 1.82) is 0 Å². The summed E-state index contributed by atoms with van der Waals surface area (Å²) in [6.07, 6.45) is -4.05. The first kappa shape index (κ1) is 38.0. The van der Waals surface area contributed by atoms with E-state index in [1.54, 1.807) is 76.2 Å². The number of carboxylic acids is 1. The first-order valence-corrected chi connectivity index (χ1v) is 15.0. The Morgan fingerprint density at radius 2 is 1.02 bits per heavy atom. The highest BCUT2D eigenvalue weighted by Crippen LogP contribution is 2.11. The number of nitrogens with one attached hydrogen (secondary N) is 2. The number of carboxylic acid groups (broad SMARTS) is 1. The largest absolute Gasteiger partial charge is 0.481 e. The number of esters is 3. The third-order valence-corrected chi connectivity index (χ3v) is 6.48. The van der Waals surface area contributed by atoms with Gasteiger partial charge in [-0.2, -0.15) is 0 Å². The zero-order valence-electron chi connectivity index (χ0n) is 26.8. The van der Waals surface area contributed by atoms with E-state index in [9.17, 15) is 28.8 Å². The fourth-order valence-corrected chi connectivity index (χ4v) is 3.88. The number of benzene rings is 2. The second-order valence-electron chi connectivity index (χ2n) is 11.1. The fraction of sp³-hybridized carbons (Fsp3) is 0.455. The van der Waals surface area contributed by atoms with Crippen molar-refractivity contribution in [1.82, 2.24) is 10.6 Å². The average molecular weight is 659 g/mol. The molecule has 0 heterocycles. The molecule has 256 valence electrons.